The molecule has 6 heteroatoms. The number of aliphatic hydroxyl groups is 1. The normalized spacial score (nSPS) is 17.0. The van der Waals surface area contributed by atoms with Gasteiger partial charge in [0.15, 0.2) is 6.10 Å². The van der Waals surface area contributed by atoms with Crippen LogP contribution in [0, 0.1) is 0 Å². The van der Waals surface area contributed by atoms with E-state index in [1.54, 1.807) is 0 Å². The summed E-state index contributed by atoms with van der Waals surface area (Å²) in [7, 11) is 0. The first-order valence-corrected chi connectivity index (χ1v) is 18.7. The molecule has 1 rings (SSSR count). The molecule has 1 N–H and O–H groups in total. The zero-order chi connectivity index (χ0) is 32.6. The van der Waals surface area contributed by atoms with E-state index in [1.165, 1.54) is 89.9 Å². The Morgan fingerprint density at radius 1 is 0.622 bits per heavy atom. The first-order valence-electron chi connectivity index (χ1n) is 18.7. The summed E-state index contributed by atoms with van der Waals surface area (Å²) < 4.78 is 16.3. The molecule has 0 amide bonds. The van der Waals surface area contributed by atoms with Gasteiger partial charge in [0.1, 0.15) is 6.61 Å². The first kappa shape index (κ1) is 41.1. The van der Waals surface area contributed by atoms with Gasteiger partial charge in [0.25, 0.3) is 0 Å². The number of carbonyl (C=O) groups is 2. The molecule has 1 aliphatic heterocycles. The lowest BCUT2D eigenvalue weighted by Gasteiger charge is -2.15. The van der Waals surface area contributed by atoms with Crippen molar-refractivity contribution >= 4 is 11.9 Å². The lowest BCUT2D eigenvalue weighted by atomic mass is 10.0. The fourth-order valence-electron chi connectivity index (χ4n) is 5.35. The maximum absolute atomic E-state index is 12.2. The minimum Gasteiger partial charge on any atom is -0.462 e. The smallest absolute Gasteiger partial charge is 0.306 e. The highest BCUT2D eigenvalue weighted by molar-refractivity contribution is 5.70. The third-order valence-electron chi connectivity index (χ3n) is 8.34. The van der Waals surface area contributed by atoms with Gasteiger partial charge in [-0.2, -0.15) is 0 Å². The van der Waals surface area contributed by atoms with Crippen molar-refractivity contribution in [1.82, 2.24) is 0 Å². The summed E-state index contributed by atoms with van der Waals surface area (Å²) in [6.07, 6.45) is 39.4. The van der Waals surface area contributed by atoms with Crippen LogP contribution in [0.5, 0.6) is 0 Å². The van der Waals surface area contributed by atoms with E-state index in [9.17, 15) is 14.7 Å². The minimum atomic E-state index is -0.802. The zero-order valence-corrected chi connectivity index (χ0v) is 29.1. The second-order valence-corrected chi connectivity index (χ2v) is 12.7. The van der Waals surface area contributed by atoms with E-state index in [4.69, 9.17) is 14.2 Å². The summed E-state index contributed by atoms with van der Waals surface area (Å²) in [5, 5.41) is 9.54. The topological polar surface area (TPSA) is 85.4 Å². The standard InChI is InChI=1S/C39H68O6/c1-3-5-7-9-11-13-14-15-16-18-20-22-27-31-38(41)43-34-35(33-40)44-39(42)32-28-24-23-26-30-37-36(45-37)29-25-21-19-17-12-10-8-6-4-2/h12,17,21,23,25-26,35-37,40H,3-11,13-16,18-20,22,24,27-34H2,1-2H3/b17-12-,25-21-,26-23-/t35-,36?,37?/m0/s1. The molecule has 0 saturated carbocycles. The van der Waals surface area contributed by atoms with Gasteiger partial charge in [-0.15, -0.1) is 0 Å². The van der Waals surface area contributed by atoms with Crippen molar-refractivity contribution in [2.75, 3.05) is 13.2 Å². The van der Waals surface area contributed by atoms with E-state index in [0.29, 0.717) is 25.0 Å². The molecule has 2 unspecified atom stereocenters. The van der Waals surface area contributed by atoms with E-state index in [1.807, 2.05) is 0 Å². The summed E-state index contributed by atoms with van der Waals surface area (Å²) >= 11 is 0. The fraction of sp³-hybridized carbons (Fsp3) is 0.795. The number of carbonyl (C=O) groups excluding carboxylic acids is 2. The van der Waals surface area contributed by atoms with Gasteiger partial charge >= 0.3 is 11.9 Å². The molecular formula is C39H68O6. The predicted molar refractivity (Wildman–Crippen MR) is 186 cm³/mol. The van der Waals surface area contributed by atoms with Gasteiger partial charge in [-0.05, 0) is 51.4 Å². The molecule has 1 heterocycles. The second-order valence-electron chi connectivity index (χ2n) is 12.7. The van der Waals surface area contributed by atoms with Gasteiger partial charge in [-0.3, -0.25) is 9.59 Å². The van der Waals surface area contributed by atoms with Crippen molar-refractivity contribution in [3.63, 3.8) is 0 Å². The number of hydrogen-bond donors (Lipinski definition) is 1. The number of unbranched alkanes of at least 4 members (excludes halogenated alkanes) is 16. The average Bonchev–Trinajstić information content (AvgIpc) is 3.80. The van der Waals surface area contributed by atoms with Crippen LogP contribution in [0.4, 0.5) is 0 Å². The molecule has 1 saturated heterocycles. The largest absolute Gasteiger partial charge is 0.462 e. The lowest BCUT2D eigenvalue weighted by Crippen LogP contribution is -2.28. The van der Waals surface area contributed by atoms with Gasteiger partial charge in [0.05, 0.1) is 18.8 Å². The fourth-order valence-corrected chi connectivity index (χ4v) is 5.35. The van der Waals surface area contributed by atoms with Gasteiger partial charge in [0.2, 0.25) is 0 Å². The molecular weight excluding hydrogens is 564 g/mol. The molecule has 0 aromatic rings. The Bertz CT molecular complexity index is 788. The second kappa shape index (κ2) is 30.7. The quantitative estimate of drug-likeness (QED) is 0.0344. The van der Waals surface area contributed by atoms with Crippen molar-refractivity contribution in [2.45, 2.75) is 186 Å². The van der Waals surface area contributed by atoms with Crippen LogP contribution in [0.2, 0.25) is 0 Å². The van der Waals surface area contributed by atoms with Crippen LogP contribution in [0.3, 0.4) is 0 Å². The third-order valence-corrected chi connectivity index (χ3v) is 8.34. The van der Waals surface area contributed by atoms with Crippen LogP contribution in [0.15, 0.2) is 36.5 Å². The summed E-state index contributed by atoms with van der Waals surface area (Å²) in [5.74, 6) is -0.663. The molecule has 1 fully saturated rings. The molecule has 6 nitrogen and oxygen atoms in total. The minimum absolute atomic E-state index is 0.0904. The van der Waals surface area contributed by atoms with E-state index in [2.05, 4.69) is 50.3 Å². The predicted octanol–water partition coefficient (Wildman–Crippen LogP) is 10.3. The molecule has 0 spiro atoms. The Balaban J connectivity index is 1.95. The number of esters is 2. The molecule has 3 atom stereocenters. The van der Waals surface area contributed by atoms with Gasteiger partial charge in [-0.25, -0.2) is 0 Å². The van der Waals surface area contributed by atoms with Crippen LogP contribution in [0.1, 0.15) is 168 Å². The number of aliphatic hydroxyl groups excluding tert-OH is 1. The van der Waals surface area contributed by atoms with Gasteiger partial charge in [0, 0.05) is 12.8 Å². The van der Waals surface area contributed by atoms with Crippen molar-refractivity contribution < 1.29 is 28.9 Å². The Hall–Kier alpha value is -1.92. The Kier molecular flexibility index (Phi) is 28.1. The molecule has 0 aliphatic carbocycles. The van der Waals surface area contributed by atoms with Crippen LogP contribution in [-0.4, -0.2) is 48.6 Å². The molecule has 0 aromatic heterocycles. The van der Waals surface area contributed by atoms with Gasteiger partial charge < -0.3 is 19.3 Å². The highest BCUT2D eigenvalue weighted by Crippen LogP contribution is 2.29. The molecule has 260 valence electrons. The lowest BCUT2D eigenvalue weighted by molar-refractivity contribution is -0.161. The maximum Gasteiger partial charge on any atom is 0.306 e. The highest BCUT2D eigenvalue weighted by Gasteiger charge is 2.35. The Morgan fingerprint density at radius 3 is 1.73 bits per heavy atom. The molecule has 0 bridgehead atoms. The van der Waals surface area contributed by atoms with E-state index in [0.717, 1.165) is 44.9 Å². The summed E-state index contributed by atoms with van der Waals surface area (Å²) in [6.45, 7) is 4.04. The Labute approximate surface area is 276 Å². The van der Waals surface area contributed by atoms with Crippen LogP contribution < -0.4 is 0 Å². The number of epoxide rings is 1. The third kappa shape index (κ3) is 27.0. The molecule has 0 aromatic carbocycles. The number of allylic oxidation sites excluding steroid dienone is 4. The molecule has 0 radical (unpaired) electrons. The SMILES string of the molecule is CCCCC/C=C\C/C=C\CC1OC1C/C=C\CCCC(=O)O[C@@H](CO)COC(=O)CCCCCCCCCCCCCCC. The van der Waals surface area contributed by atoms with Crippen molar-refractivity contribution in [2.24, 2.45) is 0 Å². The summed E-state index contributed by atoms with van der Waals surface area (Å²) in [4.78, 5) is 24.2. The van der Waals surface area contributed by atoms with Crippen molar-refractivity contribution in [3.8, 4) is 0 Å². The molecule has 45 heavy (non-hydrogen) atoms. The van der Waals surface area contributed by atoms with E-state index < -0.39 is 6.10 Å². The van der Waals surface area contributed by atoms with Crippen LogP contribution in [0.25, 0.3) is 0 Å². The number of rotatable bonds is 32. The summed E-state index contributed by atoms with van der Waals surface area (Å²) in [5.41, 5.74) is 0. The average molecular weight is 633 g/mol. The molecule has 1 aliphatic rings. The van der Waals surface area contributed by atoms with Crippen LogP contribution in [-0.2, 0) is 23.8 Å². The first-order chi connectivity index (χ1) is 22.1. The van der Waals surface area contributed by atoms with Crippen LogP contribution >= 0.6 is 0 Å². The number of hydrogen-bond acceptors (Lipinski definition) is 6. The Morgan fingerprint density at radius 2 is 1.11 bits per heavy atom. The summed E-state index contributed by atoms with van der Waals surface area (Å²) in [6, 6.07) is 0. The van der Waals surface area contributed by atoms with Gasteiger partial charge in [-0.1, -0.05) is 140 Å². The van der Waals surface area contributed by atoms with E-state index >= 15 is 0 Å². The monoisotopic (exact) mass is 633 g/mol. The van der Waals surface area contributed by atoms with Crippen molar-refractivity contribution in [1.29, 1.82) is 0 Å². The highest BCUT2D eigenvalue weighted by atomic mass is 16.6. The maximum atomic E-state index is 12.2. The number of ether oxygens (including phenoxy) is 3. The van der Waals surface area contributed by atoms with Crippen molar-refractivity contribution in [3.05, 3.63) is 36.5 Å². The van der Waals surface area contributed by atoms with E-state index in [-0.39, 0.29) is 31.6 Å². The zero-order valence-electron chi connectivity index (χ0n) is 29.1.